The molecule has 114 valence electrons. The average molecular weight is 287 g/mol. The maximum absolute atomic E-state index is 11.3. The highest BCUT2D eigenvalue weighted by atomic mass is 16.1. The Hall–Kier alpha value is -1.55. The summed E-state index contributed by atoms with van der Waals surface area (Å²) < 4.78 is 0. The highest BCUT2D eigenvalue weighted by Gasteiger charge is 2.13. The molecule has 0 saturated heterocycles. The van der Waals surface area contributed by atoms with Crippen LogP contribution in [0.15, 0.2) is 23.0 Å². The highest BCUT2D eigenvalue weighted by molar-refractivity contribution is 5.75. The zero-order valence-electron chi connectivity index (χ0n) is 12.7. The number of imidazole rings is 1. The number of aromatic nitrogens is 2. The molecule has 2 aromatic rings. The maximum Gasteiger partial charge on any atom is 0.323 e. The number of fused-ring (bicyclic) bond motifs is 1. The molecular formula is C17H25N3O. The first-order chi connectivity index (χ1) is 10.2. The van der Waals surface area contributed by atoms with E-state index in [-0.39, 0.29) is 5.69 Å². The number of hydrogen-bond acceptors (Lipinski definition) is 2. The summed E-state index contributed by atoms with van der Waals surface area (Å²) in [6.07, 6.45) is 8.36. The third-order valence-electron chi connectivity index (χ3n) is 4.77. The van der Waals surface area contributed by atoms with Crippen LogP contribution in [0.5, 0.6) is 0 Å². The minimum atomic E-state index is -0.139. The average Bonchev–Trinajstić information content (AvgIpc) is 2.87. The Bertz CT molecular complexity index is 637. The fourth-order valence-electron chi connectivity index (χ4n) is 3.42. The predicted molar refractivity (Wildman–Crippen MR) is 86.5 cm³/mol. The number of benzene rings is 1. The van der Waals surface area contributed by atoms with E-state index in [1.54, 1.807) is 0 Å². The second kappa shape index (κ2) is 6.48. The third-order valence-corrected chi connectivity index (χ3v) is 4.77. The molecule has 1 aromatic heterocycles. The summed E-state index contributed by atoms with van der Waals surface area (Å²) in [7, 11) is 0. The van der Waals surface area contributed by atoms with Crippen molar-refractivity contribution in [1.29, 1.82) is 0 Å². The fourth-order valence-corrected chi connectivity index (χ4v) is 3.42. The monoisotopic (exact) mass is 287 g/mol. The van der Waals surface area contributed by atoms with Gasteiger partial charge in [0.1, 0.15) is 0 Å². The Morgan fingerprint density at radius 3 is 2.76 bits per heavy atom. The Labute approximate surface area is 125 Å². The van der Waals surface area contributed by atoms with Crippen molar-refractivity contribution in [1.82, 2.24) is 15.3 Å². The van der Waals surface area contributed by atoms with E-state index in [2.05, 4.69) is 34.3 Å². The van der Waals surface area contributed by atoms with Gasteiger partial charge in [-0.3, -0.25) is 0 Å². The lowest BCUT2D eigenvalue weighted by Gasteiger charge is -2.22. The molecule has 1 heterocycles. The fraction of sp³-hybridized carbons (Fsp3) is 0.588. The van der Waals surface area contributed by atoms with E-state index in [0.29, 0.717) is 6.04 Å². The third kappa shape index (κ3) is 3.56. The second-order valence-corrected chi connectivity index (χ2v) is 6.35. The van der Waals surface area contributed by atoms with Crippen LogP contribution in [-0.2, 0) is 0 Å². The van der Waals surface area contributed by atoms with Crippen molar-refractivity contribution in [3.63, 3.8) is 0 Å². The van der Waals surface area contributed by atoms with Gasteiger partial charge in [-0.2, -0.15) is 0 Å². The summed E-state index contributed by atoms with van der Waals surface area (Å²) in [5.41, 5.74) is 2.85. The summed E-state index contributed by atoms with van der Waals surface area (Å²) in [5.74, 6) is 0.918. The van der Waals surface area contributed by atoms with Crippen LogP contribution in [-0.4, -0.2) is 16.5 Å². The van der Waals surface area contributed by atoms with E-state index in [1.165, 1.54) is 44.1 Å². The van der Waals surface area contributed by atoms with Gasteiger partial charge in [0, 0.05) is 6.04 Å². The van der Waals surface area contributed by atoms with Gasteiger partial charge in [-0.1, -0.05) is 38.2 Å². The summed E-state index contributed by atoms with van der Waals surface area (Å²) in [6, 6.07) is 6.44. The standard InChI is InChI=1S/C17H25N3O/c1-12(18-10-9-13-5-3-2-4-6-13)14-7-8-15-16(11-14)20-17(21)19-15/h7-8,11-13,18H,2-6,9-10H2,1H3,(H2,19,20,21). The summed E-state index contributed by atoms with van der Waals surface area (Å²) in [4.78, 5) is 16.9. The second-order valence-electron chi connectivity index (χ2n) is 6.35. The number of H-pyrrole nitrogens is 2. The quantitative estimate of drug-likeness (QED) is 0.788. The predicted octanol–water partition coefficient (Wildman–Crippen LogP) is 3.48. The zero-order chi connectivity index (χ0) is 14.7. The maximum atomic E-state index is 11.3. The molecule has 4 nitrogen and oxygen atoms in total. The van der Waals surface area contributed by atoms with Crippen LogP contribution in [0, 0.1) is 5.92 Å². The van der Waals surface area contributed by atoms with Crippen molar-refractivity contribution >= 4 is 11.0 Å². The molecule has 1 atom stereocenters. The molecule has 1 fully saturated rings. The SMILES string of the molecule is CC(NCCC1CCCCC1)c1ccc2[nH]c(=O)[nH]c2c1. The van der Waals surface area contributed by atoms with Gasteiger partial charge in [0.15, 0.2) is 0 Å². The van der Waals surface area contributed by atoms with Gasteiger partial charge >= 0.3 is 5.69 Å². The minimum absolute atomic E-state index is 0.139. The van der Waals surface area contributed by atoms with Crippen molar-refractivity contribution in [2.24, 2.45) is 5.92 Å². The van der Waals surface area contributed by atoms with E-state index < -0.39 is 0 Å². The summed E-state index contributed by atoms with van der Waals surface area (Å²) >= 11 is 0. The van der Waals surface area contributed by atoms with Gasteiger partial charge in [0.05, 0.1) is 11.0 Å². The van der Waals surface area contributed by atoms with Gasteiger partial charge < -0.3 is 15.3 Å². The minimum Gasteiger partial charge on any atom is -0.310 e. The van der Waals surface area contributed by atoms with Crippen molar-refractivity contribution < 1.29 is 0 Å². The van der Waals surface area contributed by atoms with E-state index in [4.69, 9.17) is 0 Å². The molecule has 4 heteroatoms. The Morgan fingerprint density at radius 1 is 1.19 bits per heavy atom. The molecule has 1 aliphatic carbocycles. The molecule has 0 radical (unpaired) electrons. The molecule has 3 N–H and O–H groups in total. The smallest absolute Gasteiger partial charge is 0.310 e. The van der Waals surface area contributed by atoms with Crippen molar-refractivity contribution in [2.75, 3.05) is 6.54 Å². The van der Waals surface area contributed by atoms with Crippen LogP contribution in [0.2, 0.25) is 0 Å². The van der Waals surface area contributed by atoms with Crippen LogP contribution in [0.4, 0.5) is 0 Å². The van der Waals surface area contributed by atoms with Crippen LogP contribution >= 0.6 is 0 Å². The van der Waals surface area contributed by atoms with E-state index in [1.807, 2.05) is 6.07 Å². The largest absolute Gasteiger partial charge is 0.323 e. The van der Waals surface area contributed by atoms with Crippen molar-refractivity contribution in [3.05, 3.63) is 34.2 Å². The Balaban J connectivity index is 1.55. The molecular weight excluding hydrogens is 262 g/mol. The molecule has 0 amide bonds. The van der Waals surface area contributed by atoms with Crippen molar-refractivity contribution in [3.8, 4) is 0 Å². The Kier molecular flexibility index (Phi) is 4.44. The van der Waals surface area contributed by atoms with Crippen LogP contribution in [0.3, 0.4) is 0 Å². The topological polar surface area (TPSA) is 60.7 Å². The van der Waals surface area contributed by atoms with Gasteiger partial charge in [-0.25, -0.2) is 4.79 Å². The van der Waals surface area contributed by atoms with E-state index >= 15 is 0 Å². The molecule has 1 aromatic carbocycles. The highest BCUT2D eigenvalue weighted by Crippen LogP contribution is 2.26. The number of nitrogens with one attached hydrogen (secondary N) is 3. The molecule has 0 bridgehead atoms. The molecule has 0 aliphatic heterocycles. The van der Waals surface area contributed by atoms with Gasteiger partial charge in [0.25, 0.3) is 0 Å². The van der Waals surface area contributed by atoms with Gasteiger partial charge in [0.2, 0.25) is 0 Å². The van der Waals surface area contributed by atoms with Crippen LogP contribution in [0.1, 0.15) is 57.1 Å². The zero-order valence-corrected chi connectivity index (χ0v) is 12.7. The molecule has 0 spiro atoms. The lowest BCUT2D eigenvalue weighted by atomic mass is 9.87. The van der Waals surface area contributed by atoms with E-state index in [9.17, 15) is 4.79 Å². The number of hydrogen-bond donors (Lipinski definition) is 3. The van der Waals surface area contributed by atoms with Gasteiger partial charge in [-0.15, -0.1) is 0 Å². The molecule has 1 saturated carbocycles. The first-order valence-corrected chi connectivity index (χ1v) is 8.18. The van der Waals surface area contributed by atoms with Crippen LogP contribution < -0.4 is 11.0 Å². The molecule has 21 heavy (non-hydrogen) atoms. The van der Waals surface area contributed by atoms with Gasteiger partial charge in [-0.05, 0) is 43.5 Å². The first kappa shape index (κ1) is 14.4. The lowest BCUT2D eigenvalue weighted by Crippen LogP contribution is -2.22. The summed E-state index contributed by atoms with van der Waals surface area (Å²) in [5, 5.41) is 3.62. The normalized spacial score (nSPS) is 18.1. The number of aromatic amines is 2. The number of rotatable bonds is 5. The molecule has 3 rings (SSSR count). The first-order valence-electron chi connectivity index (χ1n) is 8.18. The van der Waals surface area contributed by atoms with Crippen molar-refractivity contribution in [2.45, 2.75) is 51.5 Å². The summed E-state index contributed by atoms with van der Waals surface area (Å²) in [6.45, 7) is 3.26. The molecule has 1 unspecified atom stereocenters. The molecule has 1 aliphatic rings. The Morgan fingerprint density at radius 2 is 1.95 bits per heavy atom. The van der Waals surface area contributed by atoms with Crippen LogP contribution in [0.25, 0.3) is 11.0 Å². The van der Waals surface area contributed by atoms with E-state index in [0.717, 1.165) is 23.5 Å². The lowest BCUT2D eigenvalue weighted by molar-refractivity contribution is 0.329.